The third-order valence-electron chi connectivity index (χ3n) is 6.33. The number of hydrogen-bond acceptors (Lipinski definition) is 4. The maximum absolute atomic E-state index is 13.7. The zero-order valence-electron chi connectivity index (χ0n) is 16.1. The van der Waals surface area contributed by atoms with Crippen LogP contribution in [0, 0.1) is 23.2 Å². The van der Waals surface area contributed by atoms with Gasteiger partial charge in [0.05, 0.1) is 6.20 Å². The number of halogens is 1. The van der Waals surface area contributed by atoms with Gasteiger partial charge in [-0.2, -0.15) is 9.37 Å². The summed E-state index contributed by atoms with van der Waals surface area (Å²) >= 11 is 0. The Morgan fingerprint density at radius 3 is 2.54 bits per heavy atom. The van der Waals surface area contributed by atoms with Crippen LogP contribution in [0.4, 0.5) is 4.39 Å². The van der Waals surface area contributed by atoms with Crippen LogP contribution in [0.1, 0.15) is 47.3 Å². The number of rotatable bonds is 4. The molecule has 0 saturated carbocycles. The highest BCUT2D eigenvalue weighted by Gasteiger charge is 2.57. The molecule has 2 aliphatic heterocycles. The Labute approximate surface area is 154 Å². The molecule has 0 N–H and O–H groups in total. The first kappa shape index (κ1) is 19.1. The Hall–Kier alpha value is -1.65. The molecular weight excluding hydrogens is 351 g/mol. The standard InChI is InChI=1S/C19H27FN2O3Si/c1-6-19(10-11-26(7-2,8-3)9-4)13(5)15-17(25-19)22-12-14(20)16(23)21-18(22)24-15/h12-13,15,17H,6-9H2,1-5H3/t13-,15-,17+,19-/m0/s1. The molecule has 0 unspecified atom stereocenters. The smallest absolute Gasteiger partial charge is 0.311 e. The van der Waals surface area contributed by atoms with E-state index < -0.39 is 31.3 Å². The second-order valence-corrected chi connectivity index (χ2v) is 12.2. The molecule has 26 heavy (non-hydrogen) atoms. The van der Waals surface area contributed by atoms with Crippen LogP contribution in [0.3, 0.4) is 0 Å². The molecule has 2 aliphatic rings. The molecule has 0 bridgehead atoms. The van der Waals surface area contributed by atoms with Crippen molar-refractivity contribution >= 4 is 8.07 Å². The quantitative estimate of drug-likeness (QED) is 0.594. The SMILES string of the molecule is CC[C@@]1(C#C[Si](CC)(CC)CC)O[C@@H]2[C@@H](Oc3nc(=O)c(F)cn32)[C@@H]1C. The minimum absolute atomic E-state index is 0.0119. The third-order valence-corrected chi connectivity index (χ3v) is 11.0. The van der Waals surface area contributed by atoms with Gasteiger partial charge < -0.3 is 9.47 Å². The van der Waals surface area contributed by atoms with Crippen LogP contribution in [0.5, 0.6) is 6.01 Å². The second-order valence-electron chi connectivity index (χ2n) is 7.30. The predicted octanol–water partition coefficient (Wildman–Crippen LogP) is 3.51. The Kier molecular flexibility index (Phi) is 5.01. The zero-order valence-corrected chi connectivity index (χ0v) is 17.1. The van der Waals surface area contributed by atoms with Gasteiger partial charge in [-0.05, 0) is 24.6 Å². The van der Waals surface area contributed by atoms with Crippen molar-refractivity contribution < 1.29 is 13.9 Å². The minimum atomic E-state index is -1.60. The average Bonchev–Trinajstić information content (AvgIpc) is 3.12. The molecular formula is C19H27FN2O3Si. The summed E-state index contributed by atoms with van der Waals surface area (Å²) in [6.07, 6.45) is 1.03. The van der Waals surface area contributed by atoms with E-state index >= 15 is 0 Å². The van der Waals surface area contributed by atoms with Crippen molar-refractivity contribution in [2.45, 2.75) is 77.1 Å². The molecule has 7 heteroatoms. The van der Waals surface area contributed by atoms with Gasteiger partial charge in [0.25, 0.3) is 0 Å². The first-order valence-electron chi connectivity index (χ1n) is 9.52. The molecule has 4 atom stereocenters. The van der Waals surface area contributed by atoms with Crippen LogP contribution in [0.25, 0.3) is 0 Å². The summed E-state index contributed by atoms with van der Waals surface area (Å²) in [5.41, 5.74) is 2.11. The van der Waals surface area contributed by atoms with Crippen molar-refractivity contribution in [2.24, 2.45) is 5.92 Å². The highest BCUT2D eigenvalue weighted by Crippen LogP contribution is 2.48. The lowest BCUT2D eigenvalue weighted by atomic mass is 9.85. The maximum Gasteiger partial charge on any atom is 0.311 e. The molecule has 0 spiro atoms. The van der Waals surface area contributed by atoms with Crippen molar-refractivity contribution in [3.8, 4) is 17.5 Å². The van der Waals surface area contributed by atoms with Gasteiger partial charge in [0.2, 0.25) is 5.82 Å². The number of nitrogens with zero attached hydrogens (tertiary/aromatic N) is 2. The van der Waals surface area contributed by atoms with E-state index in [4.69, 9.17) is 9.47 Å². The molecule has 0 aliphatic carbocycles. The largest absolute Gasteiger partial charge is 0.456 e. The third kappa shape index (κ3) is 2.80. The number of fused-ring (bicyclic) bond motifs is 3. The maximum atomic E-state index is 13.7. The molecule has 1 aromatic rings. The summed E-state index contributed by atoms with van der Waals surface area (Å²) in [5, 5.41) is 0. The van der Waals surface area contributed by atoms with Crippen molar-refractivity contribution in [1.29, 1.82) is 0 Å². The van der Waals surface area contributed by atoms with Crippen molar-refractivity contribution in [2.75, 3.05) is 0 Å². The van der Waals surface area contributed by atoms with Crippen LogP contribution >= 0.6 is 0 Å². The van der Waals surface area contributed by atoms with Gasteiger partial charge in [-0.3, -0.25) is 9.36 Å². The van der Waals surface area contributed by atoms with E-state index in [0.29, 0.717) is 0 Å². The first-order valence-corrected chi connectivity index (χ1v) is 12.1. The Bertz CT molecular complexity index is 803. The normalized spacial score (nSPS) is 29.5. The highest BCUT2D eigenvalue weighted by atomic mass is 28.3. The second kappa shape index (κ2) is 6.82. The van der Waals surface area contributed by atoms with Gasteiger partial charge in [0.1, 0.15) is 13.7 Å². The van der Waals surface area contributed by atoms with E-state index in [1.807, 2.05) is 0 Å². The van der Waals surface area contributed by atoms with Gasteiger partial charge in [-0.1, -0.05) is 40.5 Å². The van der Waals surface area contributed by atoms with Gasteiger partial charge in [-0.25, -0.2) is 0 Å². The van der Waals surface area contributed by atoms with Crippen LogP contribution < -0.4 is 10.3 Å². The zero-order chi connectivity index (χ0) is 19.1. The molecule has 1 aromatic heterocycles. The molecule has 142 valence electrons. The topological polar surface area (TPSA) is 53.4 Å². The van der Waals surface area contributed by atoms with Crippen molar-refractivity contribution in [1.82, 2.24) is 9.55 Å². The fourth-order valence-corrected chi connectivity index (χ4v) is 6.50. The summed E-state index contributed by atoms with van der Waals surface area (Å²) in [5.74, 6) is 2.58. The minimum Gasteiger partial charge on any atom is -0.456 e. The fourth-order valence-electron chi connectivity index (χ4n) is 3.99. The first-order chi connectivity index (χ1) is 12.3. The average molecular weight is 379 g/mol. The number of aromatic nitrogens is 2. The van der Waals surface area contributed by atoms with Gasteiger partial charge in [-0.15, -0.1) is 5.54 Å². The van der Waals surface area contributed by atoms with Crippen LogP contribution in [-0.4, -0.2) is 29.3 Å². The lowest BCUT2D eigenvalue weighted by Gasteiger charge is -2.29. The van der Waals surface area contributed by atoms with E-state index in [-0.39, 0.29) is 18.0 Å². The Morgan fingerprint density at radius 1 is 1.31 bits per heavy atom. The Morgan fingerprint density at radius 2 is 1.96 bits per heavy atom. The molecule has 5 nitrogen and oxygen atoms in total. The van der Waals surface area contributed by atoms with Crippen LogP contribution in [0.15, 0.2) is 11.0 Å². The van der Waals surface area contributed by atoms with Crippen molar-refractivity contribution in [3.05, 3.63) is 22.4 Å². The molecule has 0 aromatic carbocycles. The van der Waals surface area contributed by atoms with Crippen LogP contribution in [-0.2, 0) is 4.74 Å². The van der Waals surface area contributed by atoms with Gasteiger partial charge in [0, 0.05) is 5.92 Å². The van der Waals surface area contributed by atoms with E-state index in [0.717, 1.165) is 30.7 Å². The summed E-state index contributed by atoms with van der Waals surface area (Å²) in [4.78, 5) is 15.1. The molecule has 3 heterocycles. The summed E-state index contributed by atoms with van der Waals surface area (Å²) < 4.78 is 27.4. The Balaban J connectivity index is 1.98. The van der Waals surface area contributed by atoms with E-state index in [9.17, 15) is 9.18 Å². The molecule has 0 radical (unpaired) electrons. The van der Waals surface area contributed by atoms with E-state index in [1.165, 1.54) is 4.57 Å². The molecule has 0 amide bonds. The number of hydrogen-bond donors (Lipinski definition) is 0. The molecule has 1 saturated heterocycles. The summed E-state index contributed by atoms with van der Waals surface area (Å²) in [6.45, 7) is 10.8. The lowest BCUT2D eigenvalue weighted by Crippen LogP contribution is -2.38. The van der Waals surface area contributed by atoms with Gasteiger partial charge in [0.15, 0.2) is 12.3 Å². The van der Waals surface area contributed by atoms with Gasteiger partial charge >= 0.3 is 11.6 Å². The number of ether oxygens (including phenoxy) is 2. The molecule has 3 rings (SSSR count). The highest BCUT2D eigenvalue weighted by molar-refractivity contribution is 6.87. The van der Waals surface area contributed by atoms with Crippen LogP contribution in [0.2, 0.25) is 18.1 Å². The van der Waals surface area contributed by atoms with E-state index in [2.05, 4.69) is 51.1 Å². The monoisotopic (exact) mass is 378 g/mol. The predicted molar refractivity (Wildman–Crippen MR) is 100 cm³/mol. The summed E-state index contributed by atoms with van der Waals surface area (Å²) in [7, 11) is -1.60. The summed E-state index contributed by atoms with van der Waals surface area (Å²) in [6, 6.07) is 3.51. The van der Waals surface area contributed by atoms with Crippen molar-refractivity contribution in [3.63, 3.8) is 0 Å². The molecule has 1 fully saturated rings. The van der Waals surface area contributed by atoms with E-state index in [1.54, 1.807) is 0 Å². The fraction of sp³-hybridized carbons (Fsp3) is 0.684. The lowest BCUT2D eigenvalue weighted by molar-refractivity contribution is -0.0481.